The number of hydrogen-bond acceptors (Lipinski definition) is 4. The van der Waals surface area contributed by atoms with Gasteiger partial charge in [-0.3, -0.25) is 0 Å². The van der Waals surface area contributed by atoms with Gasteiger partial charge in [0.25, 0.3) is 0 Å². The largest absolute Gasteiger partial charge is 0.400 e. The molecule has 5 heteroatoms. The molecule has 0 aromatic heterocycles. The van der Waals surface area contributed by atoms with Gasteiger partial charge in [0, 0.05) is 35.9 Å². The molecule has 0 amide bonds. The van der Waals surface area contributed by atoms with Crippen LogP contribution in [0.4, 0.5) is 0 Å². The fourth-order valence-corrected chi connectivity index (χ4v) is 3.28. The van der Waals surface area contributed by atoms with Crippen LogP contribution in [-0.4, -0.2) is 46.9 Å². The molecular formula is C14H30O4Ti. The van der Waals surface area contributed by atoms with Gasteiger partial charge in [-0.2, -0.15) is 0 Å². The third kappa shape index (κ3) is 7.21. The zero-order valence-electron chi connectivity index (χ0n) is 12.3. The van der Waals surface area contributed by atoms with E-state index < -0.39 is 0 Å². The van der Waals surface area contributed by atoms with E-state index in [1.807, 2.05) is 0 Å². The summed E-state index contributed by atoms with van der Waals surface area (Å²) in [6.45, 7) is 0. The van der Waals surface area contributed by atoms with Gasteiger partial charge in [-0.05, 0) is 37.5 Å². The molecule has 114 valence electrons. The molecular weight excluding hydrogens is 280 g/mol. The smallest absolute Gasteiger partial charge is 0.0572 e. The Labute approximate surface area is 132 Å². The SMILES string of the molecule is CO.CO.OC1CCCCC1C1CCCCC1O.[Ti]. The topological polar surface area (TPSA) is 80.9 Å². The van der Waals surface area contributed by atoms with E-state index in [1.165, 1.54) is 25.7 Å². The standard InChI is InChI=1S/C12H22O2.2CH4O.Ti/c13-11-7-3-1-5-9(11)10-6-2-4-8-12(10)14;2*1-2;/h9-14H,1-8H2;2*2H,1H3;. The molecule has 0 aromatic rings. The molecule has 4 atom stereocenters. The average Bonchev–Trinajstić information content (AvgIpc) is 2.45. The summed E-state index contributed by atoms with van der Waals surface area (Å²) in [5, 5.41) is 33.9. The Hall–Kier alpha value is 0.554. The van der Waals surface area contributed by atoms with Crippen molar-refractivity contribution in [1.29, 1.82) is 0 Å². The van der Waals surface area contributed by atoms with Crippen molar-refractivity contribution in [1.82, 2.24) is 0 Å². The van der Waals surface area contributed by atoms with E-state index in [2.05, 4.69) is 0 Å². The van der Waals surface area contributed by atoms with Crippen molar-refractivity contribution in [2.75, 3.05) is 14.2 Å². The number of aliphatic hydroxyl groups excluding tert-OH is 4. The molecule has 4 nitrogen and oxygen atoms in total. The molecule has 0 aliphatic heterocycles. The summed E-state index contributed by atoms with van der Waals surface area (Å²) in [7, 11) is 2.00. The van der Waals surface area contributed by atoms with Crippen molar-refractivity contribution < 1.29 is 42.1 Å². The second-order valence-electron chi connectivity index (χ2n) is 5.03. The summed E-state index contributed by atoms with van der Waals surface area (Å²) >= 11 is 0. The quantitative estimate of drug-likeness (QED) is 0.550. The predicted octanol–water partition coefficient (Wildman–Crippen LogP) is 1.30. The van der Waals surface area contributed by atoms with E-state index >= 15 is 0 Å². The van der Waals surface area contributed by atoms with Crippen molar-refractivity contribution >= 4 is 0 Å². The van der Waals surface area contributed by atoms with Crippen molar-refractivity contribution in [2.24, 2.45) is 11.8 Å². The molecule has 0 bridgehead atoms. The number of hydrogen-bond donors (Lipinski definition) is 4. The van der Waals surface area contributed by atoms with Gasteiger partial charge in [0.05, 0.1) is 12.2 Å². The van der Waals surface area contributed by atoms with Crippen molar-refractivity contribution in [3.8, 4) is 0 Å². The summed E-state index contributed by atoms with van der Waals surface area (Å²) in [5.41, 5.74) is 0. The Kier molecular flexibility index (Phi) is 15.6. The molecule has 0 saturated heterocycles. The molecule has 2 rings (SSSR count). The van der Waals surface area contributed by atoms with Crippen molar-refractivity contribution in [3.05, 3.63) is 0 Å². The van der Waals surface area contributed by atoms with E-state index in [1.54, 1.807) is 0 Å². The summed E-state index contributed by atoms with van der Waals surface area (Å²) in [5.74, 6) is 0.776. The maximum atomic E-state index is 9.93. The molecule has 0 aromatic carbocycles. The molecule has 0 spiro atoms. The minimum Gasteiger partial charge on any atom is -0.400 e. The van der Waals surface area contributed by atoms with Crippen LogP contribution in [0.3, 0.4) is 0 Å². The van der Waals surface area contributed by atoms with E-state index in [4.69, 9.17) is 10.2 Å². The predicted molar refractivity (Wildman–Crippen MR) is 72.2 cm³/mol. The van der Waals surface area contributed by atoms with Crippen LogP contribution in [0.2, 0.25) is 0 Å². The molecule has 0 heterocycles. The second kappa shape index (κ2) is 13.5. The maximum Gasteiger partial charge on any atom is 0.0572 e. The molecule has 2 fully saturated rings. The van der Waals surface area contributed by atoms with E-state index in [9.17, 15) is 10.2 Å². The van der Waals surface area contributed by atoms with E-state index in [-0.39, 0.29) is 33.9 Å². The van der Waals surface area contributed by atoms with Crippen LogP contribution in [0.15, 0.2) is 0 Å². The average molecular weight is 310 g/mol. The Balaban J connectivity index is 0. The fraction of sp³-hybridized carbons (Fsp3) is 1.00. The van der Waals surface area contributed by atoms with Crippen LogP contribution in [0.25, 0.3) is 0 Å². The van der Waals surface area contributed by atoms with Crippen LogP contribution >= 0.6 is 0 Å². The first-order chi connectivity index (χ1) is 8.79. The first kappa shape index (κ1) is 21.8. The summed E-state index contributed by atoms with van der Waals surface area (Å²) < 4.78 is 0. The van der Waals surface area contributed by atoms with Crippen LogP contribution in [0.5, 0.6) is 0 Å². The minimum absolute atomic E-state index is 0. The molecule has 2 aliphatic carbocycles. The zero-order valence-corrected chi connectivity index (χ0v) is 13.8. The first-order valence-electron chi connectivity index (χ1n) is 7.04. The summed E-state index contributed by atoms with van der Waals surface area (Å²) in [4.78, 5) is 0. The Bertz CT molecular complexity index is 172. The minimum atomic E-state index is -0.138. The zero-order chi connectivity index (χ0) is 14.0. The van der Waals surface area contributed by atoms with E-state index in [0.29, 0.717) is 11.8 Å². The van der Waals surface area contributed by atoms with Gasteiger partial charge >= 0.3 is 0 Å². The molecule has 2 aliphatic rings. The first-order valence-corrected chi connectivity index (χ1v) is 7.04. The van der Waals surface area contributed by atoms with Gasteiger partial charge in [0.15, 0.2) is 0 Å². The van der Waals surface area contributed by atoms with Gasteiger partial charge in [-0.1, -0.05) is 25.7 Å². The third-order valence-electron chi connectivity index (χ3n) is 4.11. The molecule has 19 heavy (non-hydrogen) atoms. The van der Waals surface area contributed by atoms with Crippen LogP contribution < -0.4 is 0 Å². The van der Waals surface area contributed by atoms with Crippen LogP contribution in [-0.2, 0) is 21.7 Å². The van der Waals surface area contributed by atoms with Gasteiger partial charge < -0.3 is 20.4 Å². The number of aliphatic hydroxyl groups is 4. The van der Waals surface area contributed by atoms with Gasteiger partial charge in [-0.15, -0.1) is 0 Å². The third-order valence-corrected chi connectivity index (χ3v) is 4.11. The molecule has 4 unspecified atom stereocenters. The van der Waals surface area contributed by atoms with Crippen molar-refractivity contribution in [3.63, 3.8) is 0 Å². The van der Waals surface area contributed by atoms with Crippen LogP contribution in [0, 0.1) is 11.8 Å². The van der Waals surface area contributed by atoms with Crippen LogP contribution in [0.1, 0.15) is 51.4 Å². The Morgan fingerprint density at radius 3 is 1.11 bits per heavy atom. The van der Waals surface area contributed by atoms with Gasteiger partial charge in [0.1, 0.15) is 0 Å². The normalized spacial score (nSPS) is 33.8. The number of rotatable bonds is 1. The van der Waals surface area contributed by atoms with Crippen molar-refractivity contribution in [2.45, 2.75) is 63.6 Å². The second-order valence-corrected chi connectivity index (χ2v) is 5.03. The van der Waals surface area contributed by atoms with Gasteiger partial charge in [0.2, 0.25) is 0 Å². The maximum absolute atomic E-state index is 9.93. The fourth-order valence-electron chi connectivity index (χ4n) is 3.28. The summed E-state index contributed by atoms with van der Waals surface area (Å²) in [6.07, 6.45) is 8.70. The molecule has 0 radical (unpaired) electrons. The Morgan fingerprint density at radius 2 is 0.842 bits per heavy atom. The monoisotopic (exact) mass is 310 g/mol. The summed E-state index contributed by atoms with van der Waals surface area (Å²) in [6, 6.07) is 0. The molecule has 2 saturated carbocycles. The van der Waals surface area contributed by atoms with Gasteiger partial charge in [-0.25, -0.2) is 0 Å². The Morgan fingerprint density at radius 1 is 0.579 bits per heavy atom. The molecule has 4 N–H and O–H groups in total. The van der Waals surface area contributed by atoms with E-state index in [0.717, 1.165) is 39.9 Å².